The van der Waals surface area contributed by atoms with Gasteiger partial charge in [0.05, 0.1) is 0 Å². The van der Waals surface area contributed by atoms with Crippen molar-refractivity contribution in [2.75, 3.05) is 27.9 Å². The van der Waals surface area contributed by atoms with Crippen LogP contribution >= 0.6 is 17.2 Å². The number of benzene rings is 5. The van der Waals surface area contributed by atoms with E-state index in [1.807, 2.05) is 91.0 Å². The normalized spacial score (nSPS) is 12.1. The van der Waals surface area contributed by atoms with E-state index in [9.17, 15) is 4.79 Å². The summed E-state index contributed by atoms with van der Waals surface area (Å²) in [4.78, 5) is 19.6. The molecule has 6 rings (SSSR count). The quantitative estimate of drug-likeness (QED) is 0.102. The van der Waals surface area contributed by atoms with Crippen molar-refractivity contribution < 1.29 is 23.7 Å². The third-order valence-corrected chi connectivity index (χ3v) is 15.9. The minimum absolute atomic E-state index is 0.185. The molecule has 0 atom stereocenters. The molecule has 6 aromatic rings. The van der Waals surface area contributed by atoms with E-state index in [4.69, 9.17) is 35.2 Å². The number of ether oxygens (including phenoxy) is 4. The summed E-state index contributed by atoms with van der Waals surface area (Å²) in [5, 5.41) is 3.58. The molecule has 0 N–H and O–H groups in total. The third kappa shape index (κ3) is 5.66. The number of fused-ring (bicyclic) bond motifs is 1. The first-order chi connectivity index (χ1) is 23.4. The van der Waals surface area contributed by atoms with E-state index in [-0.39, 0.29) is 12.8 Å². The molecular weight excluding hydrogens is 641 g/mol. The standard InChI is InChI=1S/C40H37ClNO5P/c1-5-47-40(43)39-35(42-34-26-37(46-4)36(45-3)25-33(34)38(39)28-21-23-29(44-2)24-22-28)27-48(41,30-15-9-6-10-16-30,31-17-11-7-12-18-31)32-19-13-8-14-20-32/h6-26H,5,27H2,1-4H3. The number of hydrogen-bond acceptors (Lipinski definition) is 6. The summed E-state index contributed by atoms with van der Waals surface area (Å²) in [5.41, 5.74) is 2.93. The topological polar surface area (TPSA) is 66.9 Å². The number of rotatable bonds is 11. The first kappa shape index (κ1) is 33.0. The zero-order valence-electron chi connectivity index (χ0n) is 27.4. The molecule has 0 bridgehead atoms. The average molecular weight is 678 g/mol. The van der Waals surface area contributed by atoms with Crippen LogP contribution in [0.25, 0.3) is 22.0 Å². The van der Waals surface area contributed by atoms with Crippen molar-refractivity contribution in [2.24, 2.45) is 0 Å². The Kier molecular flexibility index (Phi) is 9.41. The summed E-state index contributed by atoms with van der Waals surface area (Å²) in [6.07, 6.45) is 0.229. The number of nitrogens with zero attached hydrogens (tertiary/aromatic N) is 1. The Hall–Kier alpha value is -4.90. The van der Waals surface area contributed by atoms with Crippen LogP contribution in [0.4, 0.5) is 0 Å². The van der Waals surface area contributed by atoms with Gasteiger partial charge in [-0.15, -0.1) is 0 Å². The van der Waals surface area contributed by atoms with E-state index in [1.165, 1.54) is 0 Å². The van der Waals surface area contributed by atoms with Crippen LogP contribution < -0.4 is 30.1 Å². The summed E-state index contributed by atoms with van der Waals surface area (Å²) >= 11 is 8.53. The van der Waals surface area contributed by atoms with Gasteiger partial charge in [0.25, 0.3) is 0 Å². The fraction of sp³-hybridized carbons (Fsp3) is 0.150. The van der Waals surface area contributed by atoms with E-state index >= 15 is 0 Å². The van der Waals surface area contributed by atoms with Crippen molar-refractivity contribution in [1.82, 2.24) is 4.98 Å². The molecule has 0 fully saturated rings. The van der Waals surface area contributed by atoms with Gasteiger partial charge >= 0.3 is 287 Å². The van der Waals surface area contributed by atoms with Crippen molar-refractivity contribution >= 4 is 50.0 Å². The van der Waals surface area contributed by atoms with E-state index in [0.717, 1.165) is 21.5 Å². The van der Waals surface area contributed by atoms with Gasteiger partial charge in [-0.2, -0.15) is 0 Å². The fourth-order valence-electron chi connectivity index (χ4n) is 6.46. The molecule has 0 spiro atoms. The zero-order chi connectivity index (χ0) is 33.8. The summed E-state index contributed by atoms with van der Waals surface area (Å²) in [7, 11) is 4.80. The van der Waals surface area contributed by atoms with E-state index in [2.05, 4.69) is 36.4 Å². The van der Waals surface area contributed by atoms with Crippen LogP contribution in [-0.2, 0) is 10.9 Å². The number of halogens is 1. The second-order valence-corrected chi connectivity index (χ2v) is 17.8. The van der Waals surface area contributed by atoms with Gasteiger partial charge in [0.15, 0.2) is 0 Å². The first-order valence-corrected chi connectivity index (χ1v) is 19.0. The number of methoxy groups -OCH3 is 3. The molecule has 48 heavy (non-hydrogen) atoms. The number of aromatic nitrogens is 1. The molecule has 0 saturated heterocycles. The van der Waals surface area contributed by atoms with Gasteiger partial charge in [0.1, 0.15) is 0 Å². The Morgan fingerprint density at radius 1 is 0.688 bits per heavy atom. The number of pyridine rings is 1. The molecule has 0 unspecified atom stereocenters. The van der Waals surface area contributed by atoms with E-state index in [0.29, 0.717) is 45.0 Å². The Morgan fingerprint density at radius 2 is 1.19 bits per heavy atom. The summed E-state index contributed by atoms with van der Waals surface area (Å²) in [6, 6.07) is 41.8. The number of hydrogen-bond donors (Lipinski definition) is 0. The molecule has 244 valence electrons. The second-order valence-electron chi connectivity index (χ2n) is 11.3. The summed E-state index contributed by atoms with van der Waals surface area (Å²) < 4.78 is 22.7. The van der Waals surface area contributed by atoms with Crippen LogP contribution in [-0.4, -0.2) is 38.9 Å². The fourth-order valence-corrected chi connectivity index (χ4v) is 12.4. The Balaban J connectivity index is 1.79. The minimum atomic E-state index is -3.94. The molecule has 8 heteroatoms. The van der Waals surface area contributed by atoms with Gasteiger partial charge in [0, 0.05) is 0 Å². The molecule has 0 amide bonds. The first-order valence-electron chi connectivity index (χ1n) is 15.7. The molecule has 6 nitrogen and oxygen atoms in total. The summed E-state index contributed by atoms with van der Waals surface area (Å²) in [5.74, 6) is -2.70. The molecule has 0 radical (unpaired) electrons. The van der Waals surface area contributed by atoms with Crippen LogP contribution in [0.1, 0.15) is 23.0 Å². The number of carbonyl (C=O) groups excluding carboxylic acids is 1. The van der Waals surface area contributed by atoms with Crippen LogP contribution in [0, 0.1) is 0 Å². The van der Waals surface area contributed by atoms with Crippen LogP contribution in [0.5, 0.6) is 17.2 Å². The molecule has 5 aromatic carbocycles. The number of esters is 1. The molecule has 0 saturated carbocycles. The predicted octanol–water partition coefficient (Wildman–Crippen LogP) is 8.29. The van der Waals surface area contributed by atoms with Gasteiger partial charge in [0.2, 0.25) is 0 Å². The second kappa shape index (κ2) is 13.7. The predicted molar refractivity (Wildman–Crippen MR) is 197 cm³/mol. The average Bonchev–Trinajstić information content (AvgIpc) is 3.15. The summed E-state index contributed by atoms with van der Waals surface area (Å²) in [6.45, 7) is 1.98. The zero-order valence-corrected chi connectivity index (χ0v) is 29.0. The van der Waals surface area contributed by atoms with Crippen molar-refractivity contribution in [1.29, 1.82) is 0 Å². The Bertz CT molecular complexity index is 1960. The molecule has 0 aliphatic heterocycles. The van der Waals surface area contributed by atoms with Crippen LogP contribution in [0.15, 0.2) is 127 Å². The third-order valence-electron chi connectivity index (χ3n) is 8.75. The van der Waals surface area contributed by atoms with Crippen LogP contribution in [0.2, 0.25) is 0 Å². The maximum atomic E-state index is 14.3. The van der Waals surface area contributed by atoms with Gasteiger partial charge in [-0.05, 0) is 0 Å². The van der Waals surface area contributed by atoms with Crippen molar-refractivity contribution in [3.05, 3.63) is 139 Å². The van der Waals surface area contributed by atoms with Crippen molar-refractivity contribution in [3.63, 3.8) is 0 Å². The Labute approximate surface area is 285 Å². The van der Waals surface area contributed by atoms with Gasteiger partial charge in [-0.25, -0.2) is 0 Å². The van der Waals surface area contributed by atoms with E-state index < -0.39 is 11.9 Å². The SMILES string of the molecule is CCOC(=O)c1c(CP(Cl)(c2ccccc2)(c2ccccc2)c2ccccc2)nc2cc(OC)c(OC)cc2c1-c1ccc(OC)cc1. The van der Waals surface area contributed by atoms with Gasteiger partial charge < -0.3 is 0 Å². The monoisotopic (exact) mass is 677 g/mol. The molecule has 0 aliphatic carbocycles. The van der Waals surface area contributed by atoms with Crippen molar-refractivity contribution in [3.8, 4) is 28.4 Å². The molecular formula is C40H37ClNO5P. The number of carbonyl (C=O) groups is 1. The van der Waals surface area contributed by atoms with E-state index in [1.54, 1.807) is 28.3 Å². The Morgan fingerprint density at radius 3 is 1.65 bits per heavy atom. The molecule has 0 aliphatic rings. The maximum absolute atomic E-state index is 14.3. The van der Waals surface area contributed by atoms with Crippen molar-refractivity contribution in [2.45, 2.75) is 13.1 Å². The van der Waals surface area contributed by atoms with Crippen LogP contribution in [0.3, 0.4) is 0 Å². The molecule has 1 heterocycles. The van der Waals surface area contributed by atoms with Gasteiger partial charge in [-0.3, -0.25) is 0 Å². The van der Waals surface area contributed by atoms with Gasteiger partial charge in [-0.1, -0.05) is 0 Å². The molecule has 1 aromatic heterocycles.